The molecule has 0 aliphatic heterocycles. The van der Waals surface area contributed by atoms with Crippen molar-refractivity contribution in [1.29, 1.82) is 0 Å². The molecule has 241 valence electrons. The van der Waals surface area contributed by atoms with E-state index in [9.17, 15) is 4.39 Å². The van der Waals surface area contributed by atoms with Gasteiger partial charge in [0, 0.05) is 43.2 Å². The molecule has 5 aromatic carbocycles. The van der Waals surface area contributed by atoms with E-state index in [-0.39, 0.29) is 25.9 Å². The zero-order valence-corrected chi connectivity index (χ0v) is 29.6. The van der Waals surface area contributed by atoms with Crippen LogP contribution in [0.5, 0.6) is 0 Å². The van der Waals surface area contributed by atoms with E-state index in [1.165, 1.54) is 28.9 Å². The Morgan fingerprint density at radius 1 is 0.729 bits per heavy atom. The largest absolute Gasteiger partial charge is 0.501 e. The molecule has 0 amide bonds. The number of hydrogen-bond acceptors (Lipinski definition) is 3. The summed E-state index contributed by atoms with van der Waals surface area (Å²) in [5.41, 5.74) is 10.1. The van der Waals surface area contributed by atoms with Crippen molar-refractivity contribution in [3.8, 4) is 28.3 Å². The summed E-state index contributed by atoms with van der Waals surface area (Å²) < 4.78 is 21.3. The molecule has 0 spiro atoms. The maximum Gasteiger partial charge on any atom is 0.120 e. The van der Waals surface area contributed by atoms with E-state index in [0.717, 1.165) is 55.6 Å². The summed E-state index contributed by atoms with van der Waals surface area (Å²) in [5, 5.41) is 2.20. The summed E-state index contributed by atoms with van der Waals surface area (Å²) in [6.07, 6.45) is 1.70. The van der Waals surface area contributed by atoms with Gasteiger partial charge in [-0.3, -0.25) is 9.37 Å². The minimum absolute atomic E-state index is 0. The molecule has 4 nitrogen and oxygen atoms in total. The molecule has 8 rings (SSSR count). The van der Waals surface area contributed by atoms with Crippen LogP contribution in [0.15, 0.2) is 126 Å². The molecule has 8 aromatic rings. The predicted molar refractivity (Wildman–Crippen MR) is 189 cm³/mol. The second-order valence-corrected chi connectivity index (χ2v) is 12.2. The molecule has 0 saturated carbocycles. The maximum atomic E-state index is 12.6. The van der Waals surface area contributed by atoms with Crippen LogP contribution in [0, 0.1) is 17.9 Å². The Morgan fingerprint density at radius 2 is 1.46 bits per heavy atom. The van der Waals surface area contributed by atoms with Crippen molar-refractivity contribution >= 4 is 33.0 Å². The minimum atomic E-state index is -0.278. The molecule has 0 aliphatic rings. The molecule has 3 aromatic heterocycles. The number of imidazole rings is 1. The number of furan rings is 1. The third-order valence-corrected chi connectivity index (χ3v) is 8.40. The van der Waals surface area contributed by atoms with Crippen LogP contribution >= 0.6 is 0 Å². The Kier molecular flexibility index (Phi) is 9.68. The maximum absolute atomic E-state index is 12.6. The second-order valence-electron chi connectivity index (χ2n) is 12.2. The minimum Gasteiger partial charge on any atom is -0.501 e. The molecule has 0 bridgehead atoms. The number of nitrogens with zero attached hydrogens (tertiary/aromatic N) is 3. The number of benzene rings is 5. The van der Waals surface area contributed by atoms with Crippen LogP contribution in [0.3, 0.4) is 0 Å². The Balaban J connectivity index is 0.000000241. The van der Waals surface area contributed by atoms with Crippen LogP contribution in [-0.2, 0) is 20.1 Å². The van der Waals surface area contributed by atoms with Crippen LogP contribution < -0.4 is 0 Å². The average molecular weight is 808 g/mol. The van der Waals surface area contributed by atoms with Gasteiger partial charge in [-0.05, 0) is 52.9 Å². The zero-order chi connectivity index (χ0) is 32.5. The van der Waals surface area contributed by atoms with Gasteiger partial charge in [0.25, 0.3) is 0 Å². The first-order valence-corrected chi connectivity index (χ1v) is 15.9. The van der Waals surface area contributed by atoms with Gasteiger partial charge in [-0.25, -0.2) is 0 Å². The van der Waals surface area contributed by atoms with Crippen molar-refractivity contribution < 1.29 is 28.9 Å². The first kappa shape index (κ1) is 33.0. The van der Waals surface area contributed by atoms with Crippen molar-refractivity contribution in [1.82, 2.24) is 14.5 Å². The number of aromatic nitrogens is 3. The zero-order valence-electron chi connectivity index (χ0n) is 27.2. The molecule has 1 radical (unpaired) electrons. The first-order chi connectivity index (χ1) is 22.9. The SMILES string of the molecule is CC(C)c1cccc(C(C)C)c1-n1c(-c2[c-]ccc3c2oc2ccccc23)nc2ccccc21.Fc1c[c-]c(-c2ccccn2)cc1.[Ir]. The monoisotopic (exact) mass is 808 g/mol. The summed E-state index contributed by atoms with van der Waals surface area (Å²) in [4.78, 5) is 9.28. The number of fused-ring (bicyclic) bond motifs is 4. The van der Waals surface area contributed by atoms with Gasteiger partial charge in [-0.2, -0.15) is 0 Å². The average Bonchev–Trinajstić information content (AvgIpc) is 3.67. The van der Waals surface area contributed by atoms with Crippen molar-refractivity contribution in [3.63, 3.8) is 0 Å². The van der Waals surface area contributed by atoms with Gasteiger partial charge in [-0.1, -0.05) is 99.3 Å². The van der Waals surface area contributed by atoms with Gasteiger partial charge in [0.1, 0.15) is 5.58 Å². The molecule has 3 heterocycles. The van der Waals surface area contributed by atoms with E-state index < -0.39 is 0 Å². The molecule has 0 saturated heterocycles. The molecule has 48 heavy (non-hydrogen) atoms. The molecule has 0 aliphatic carbocycles. The Hall–Kier alpha value is -4.90. The molecular weight excluding hydrogens is 774 g/mol. The summed E-state index contributed by atoms with van der Waals surface area (Å²) in [6, 6.07) is 43.6. The Morgan fingerprint density at radius 3 is 2.17 bits per heavy atom. The normalized spacial score (nSPS) is 11.2. The van der Waals surface area contributed by atoms with Gasteiger partial charge in [0.2, 0.25) is 0 Å². The summed E-state index contributed by atoms with van der Waals surface area (Å²) in [7, 11) is 0. The standard InChI is InChI=1S/C31H27N2O.C11H7FN.Ir/c1-19(2)21-12-9-13-22(20(3)4)29(21)33-27-17-7-6-16-26(27)32-31(33)25-15-10-14-24-23-11-5-8-18-28(23)34-30(24)25;12-10-6-4-9(5-7-10)11-3-1-2-8-13-11;/h5-14,16-20H,1-4H3;1-4,6-8H;/q2*-1;. The second kappa shape index (κ2) is 14.1. The van der Waals surface area contributed by atoms with Crippen molar-refractivity contribution in [2.75, 3.05) is 0 Å². The summed E-state index contributed by atoms with van der Waals surface area (Å²) in [5.74, 6) is 1.32. The number of hydrogen-bond donors (Lipinski definition) is 0. The number of halogens is 1. The van der Waals surface area contributed by atoms with Crippen molar-refractivity contribution in [2.24, 2.45) is 0 Å². The third-order valence-electron chi connectivity index (χ3n) is 8.40. The van der Waals surface area contributed by atoms with Crippen LogP contribution in [0.4, 0.5) is 4.39 Å². The molecule has 0 unspecified atom stereocenters. The van der Waals surface area contributed by atoms with E-state index >= 15 is 0 Å². The van der Waals surface area contributed by atoms with Crippen LogP contribution in [0.2, 0.25) is 0 Å². The van der Waals surface area contributed by atoms with Crippen LogP contribution in [0.1, 0.15) is 50.7 Å². The number of rotatable bonds is 5. The van der Waals surface area contributed by atoms with E-state index in [1.807, 2.05) is 42.5 Å². The van der Waals surface area contributed by atoms with Crippen molar-refractivity contribution in [3.05, 3.63) is 151 Å². The van der Waals surface area contributed by atoms with Crippen LogP contribution in [0.25, 0.3) is 61.3 Å². The fraction of sp³-hybridized carbons (Fsp3) is 0.143. The first-order valence-electron chi connectivity index (χ1n) is 15.9. The van der Waals surface area contributed by atoms with E-state index in [2.05, 4.69) is 104 Å². The van der Waals surface area contributed by atoms with E-state index in [0.29, 0.717) is 11.8 Å². The smallest absolute Gasteiger partial charge is 0.120 e. The molecule has 0 fully saturated rings. The Bertz CT molecular complexity index is 2300. The summed E-state index contributed by atoms with van der Waals surface area (Å²) >= 11 is 0. The van der Waals surface area contributed by atoms with Crippen LogP contribution in [-0.4, -0.2) is 14.5 Å². The van der Waals surface area contributed by atoms with Gasteiger partial charge in [0.15, 0.2) is 0 Å². The van der Waals surface area contributed by atoms with Gasteiger partial charge in [-0.15, -0.1) is 48.0 Å². The number of para-hydroxylation sites is 4. The molecular formula is C42H34FIrN3O-2. The van der Waals surface area contributed by atoms with Gasteiger partial charge in [0.05, 0.1) is 22.4 Å². The summed E-state index contributed by atoms with van der Waals surface area (Å²) in [6.45, 7) is 9.03. The van der Waals surface area contributed by atoms with Crippen molar-refractivity contribution in [2.45, 2.75) is 39.5 Å². The van der Waals surface area contributed by atoms with Gasteiger partial charge < -0.3 is 14.0 Å². The third kappa shape index (κ3) is 6.22. The fourth-order valence-electron chi connectivity index (χ4n) is 6.13. The van der Waals surface area contributed by atoms with Gasteiger partial charge >= 0.3 is 0 Å². The Labute approximate surface area is 293 Å². The van der Waals surface area contributed by atoms with E-state index in [4.69, 9.17) is 9.40 Å². The fourth-order valence-corrected chi connectivity index (χ4v) is 6.13. The molecule has 6 heteroatoms. The predicted octanol–water partition coefficient (Wildman–Crippen LogP) is 11.3. The quantitative estimate of drug-likeness (QED) is 0.163. The molecule has 0 N–H and O–H groups in total. The molecule has 0 atom stereocenters. The number of pyridine rings is 1. The van der Waals surface area contributed by atoms with E-state index in [1.54, 1.807) is 12.3 Å². The topological polar surface area (TPSA) is 43.9 Å².